The summed E-state index contributed by atoms with van der Waals surface area (Å²) in [5.41, 5.74) is 0. The van der Waals surface area contributed by atoms with Crippen LogP contribution in [0.15, 0.2) is 17.5 Å². The van der Waals surface area contributed by atoms with Gasteiger partial charge < -0.3 is 5.32 Å². The first kappa shape index (κ1) is 9.82. The number of rotatable bonds is 2. The Kier molecular flexibility index (Phi) is 2.77. The number of nitrogens with zero attached hydrogens (tertiary/aromatic N) is 1. The molecule has 0 aromatic carbocycles. The zero-order valence-electron chi connectivity index (χ0n) is 8.98. The molecule has 2 nitrogen and oxygen atoms in total. The normalized spacial score (nSPS) is 31.7. The van der Waals surface area contributed by atoms with Crippen LogP contribution >= 0.6 is 11.3 Å². The van der Waals surface area contributed by atoms with E-state index in [-0.39, 0.29) is 0 Å². The Morgan fingerprint density at radius 3 is 2.80 bits per heavy atom. The maximum atomic E-state index is 3.72. The number of likely N-dealkylation sites (tertiary alicyclic amines) is 1. The molecule has 1 N–H and O–H groups in total. The summed E-state index contributed by atoms with van der Waals surface area (Å²) in [5, 5.41) is 5.90. The standard InChI is InChI=1S/C12H18N2S/c1-3-10-7-14(8-11(4-1)13-10)9-12-5-2-6-15-12/h2,5-6,10-11,13H,1,3-4,7-9H2. The van der Waals surface area contributed by atoms with E-state index < -0.39 is 0 Å². The minimum Gasteiger partial charge on any atom is -0.309 e. The van der Waals surface area contributed by atoms with E-state index in [0.29, 0.717) is 0 Å². The molecule has 3 rings (SSSR count). The Balaban J connectivity index is 1.63. The Labute approximate surface area is 95.3 Å². The maximum Gasteiger partial charge on any atom is 0.0329 e. The molecule has 15 heavy (non-hydrogen) atoms. The lowest BCUT2D eigenvalue weighted by atomic mass is 9.94. The smallest absolute Gasteiger partial charge is 0.0329 e. The molecular formula is C12H18N2S. The summed E-state index contributed by atoms with van der Waals surface area (Å²) in [4.78, 5) is 4.13. The SMILES string of the molecule is c1csc(CN2CC3CCCC(C2)N3)c1. The average molecular weight is 222 g/mol. The highest BCUT2D eigenvalue weighted by Crippen LogP contribution is 2.21. The molecule has 82 valence electrons. The van der Waals surface area contributed by atoms with Crippen molar-refractivity contribution < 1.29 is 0 Å². The molecule has 2 fully saturated rings. The van der Waals surface area contributed by atoms with Gasteiger partial charge in [0.25, 0.3) is 0 Å². The average Bonchev–Trinajstić information content (AvgIpc) is 2.70. The fourth-order valence-corrected chi connectivity index (χ4v) is 3.59. The molecule has 0 amide bonds. The second kappa shape index (κ2) is 4.24. The second-order valence-corrected chi connectivity index (χ2v) is 5.80. The van der Waals surface area contributed by atoms with Crippen molar-refractivity contribution in [3.8, 4) is 0 Å². The van der Waals surface area contributed by atoms with Crippen LogP contribution in [0, 0.1) is 0 Å². The van der Waals surface area contributed by atoms with Crippen LogP contribution in [0.3, 0.4) is 0 Å². The monoisotopic (exact) mass is 222 g/mol. The number of fused-ring (bicyclic) bond motifs is 2. The topological polar surface area (TPSA) is 15.3 Å². The fourth-order valence-electron chi connectivity index (χ4n) is 2.85. The molecule has 2 saturated heterocycles. The van der Waals surface area contributed by atoms with E-state index in [1.807, 2.05) is 11.3 Å². The number of piperazine rings is 1. The molecule has 1 aromatic rings. The third kappa shape index (κ3) is 2.25. The Bertz CT molecular complexity index is 297. The molecule has 0 saturated carbocycles. The van der Waals surface area contributed by atoms with E-state index in [2.05, 4.69) is 27.7 Å². The van der Waals surface area contributed by atoms with Gasteiger partial charge in [0, 0.05) is 36.6 Å². The lowest BCUT2D eigenvalue weighted by Gasteiger charge is -2.42. The number of nitrogens with one attached hydrogen (secondary N) is 1. The van der Waals surface area contributed by atoms with E-state index in [4.69, 9.17) is 0 Å². The highest BCUT2D eigenvalue weighted by molar-refractivity contribution is 7.09. The quantitative estimate of drug-likeness (QED) is 0.824. The number of hydrogen-bond donors (Lipinski definition) is 1. The van der Waals surface area contributed by atoms with Crippen molar-refractivity contribution in [3.63, 3.8) is 0 Å². The molecule has 2 aliphatic heterocycles. The van der Waals surface area contributed by atoms with Crippen molar-refractivity contribution in [1.82, 2.24) is 10.2 Å². The highest BCUT2D eigenvalue weighted by atomic mass is 32.1. The summed E-state index contributed by atoms with van der Waals surface area (Å²) in [6, 6.07) is 5.93. The molecule has 2 atom stereocenters. The summed E-state index contributed by atoms with van der Waals surface area (Å²) in [5.74, 6) is 0. The summed E-state index contributed by atoms with van der Waals surface area (Å²) in [7, 11) is 0. The van der Waals surface area contributed by atoms with E-state index in [1.165, 1.54) is 37.2 Å². The Hall–Kier alpha value is -0.380. The molecule has 2 aliphatic rings. The van der Waals surface area contributed by atoms with Crippen LogP contribution < -0.4 is 5.32 Å². The van der Waals surface area contributed by atoms with Crippen LogP contribution in [-0.4, -0.2) is 30.1 Å². The van der Waals surface area contributed by atoms with Crippen LogP contribution in [-0.2, 0) is 6.54 Å². The second-order valence-electron chi connectivity index (χ2n) is 4.76. The van der Waals surface area contributed by atoms with Crippen molar-refractivity contribution in [2.75, 3.05) is 13.1 Å². The molecular weight excluding hydrogens is 204 g/mol. The van der Waals surface area contributed by atoms with Crippen LogP contribution in [0.5, 0.6) is 0 Å². The van der Waals surface area contributed by atoms with Crippen molar-refractivity contribution >= 4 is 11.3 Å². The summed E-state index contributed by atoms with van der Waals surface area (Å²) < 4.78 is 0. The molecule has 0 radical (unpaired) electrons. The summed E-state index contributed by atoms with van der Waals surface area (Å²) >= 11 is 1.88. The Morgan fingerprint density at radius 1 is 1.33 bits per heavy atom. The van der Waals surface area contributed by atoms with Gasteiger partial charge in [-0.1, -0.05) is 12.5 Å². The van der Waals surface area contributed by atoms with Crippen LogP contribution in [0.25, 0.3) is 0 Å². The van der Waals surface area contributed by atoms with Gasteiger partial charge in [-0.15, -0.1) is 11.3 Å². The zero-order valence-corrected chi connectivity index (χ0v) is 9.80. The van der Waals surface area contributed by atoms with Gasteiger partial charge in [-0.05, 0) is 24.3 Å². The number of thiophene rings is 1. The van der Waals surface area contributed by atoms with Crippen molar-refractivity contribution in [3.05, 3.63) is 22.4 Å². The lowest BCUT2D eigenvalue weighted by molar-refractivity contribution is 0.120. The summed E-state index contributed by atoms with van der Waals surface area (Å²) in [6.07, 6.45) is 4.17. The van der Waals surface area contributed by atoms with Crippen molar-refractivity contribution in [2.24, 2.45) is 0 Å². The first-order valence-electron chi connectivity index (χ1n) is 5.91. The molecule has 1 aromatic heterocycles. The number of hydrogen-bond acceptors (Lipinski definition) is 3. The van der Waals surface area contributed by atoms with Crippen LogP contribution in [0.2, 0.25) is 0 Å². The first-order valence-corrected chi connectivity index (χ1v) is 6.79. The third-order valence-corrected chi connectivity index (χ3v) is 4.35. The molecule has 2 bridgehead atoms. The fraction of sp³-hybridized carbons (Fsp3) is 0.667. The Morgan fingerprint density at radius 2 is 2.13 bits per heavy atom. The van der Waals surface area contributed by atoms with Gasteiger partial charge in [0.15, 0.2) is 0 Å². The van der Waals surface area contributed by atoms with Gasteiger partial charge in [-0.3, -0.25) is 4.90 Å². The highest BCUT2D eigenvalue weighted by Gasteiger charge is 2.29. The van der Waals surface area contributed by atoms with Crippen LogP contribution in [0.1, 0.15) is 24.1 Å². The van der Waals surface area contributed by atoms with Gasteiger partial charge in [0.1, 0.15) is 0 Å². The zero-order chi connectivity index (χ0) is 10.1. The van der Waals surface area contributed by atoms with Gasteiger partial charge in [-0.2, -0.15) is 0 Å². The minimum absolute atomic E-state index is 0.762. The van der Waals surface area contributed by atoms with E-state index in [0.717, 1.165) is 18.6 Å². The van der Waals surface area contributed by atoms with E-state index >= 15 is 0 Å². The van der Waals surface area contributed by atoms with Crippen LogP contribution in [0.4, 0.5) is 0 Å². The third-order valence-electron chi connectivity index (χ3n) is 3.49. The maximum absolute atomic E-state index is 3.72. The molecule has 3 heterocycles. The minimum atomic E-state index is 0.762. The molecule has 2 unspecified atom stereocenters. The number of piperidine rings is 1. The van der Waals surface area contributed by atoms with E-state index in [1.54, 1.807) is 0 Å². The predicted molar refractivity (Wildman–Crippen MR) is 64.2 cm³/mol. The largest absolute Gasteiger partial charge is 0.309 e. The van der Waals surface area contributed by atoms with E-state index in [9.17, 15) is 0 Å². The molecule has 0 spiro atoms. The first-order chi connectivity index (χ1) is 7.40. The van der Waals surface area contributed by atoms with Gasteiger partial charge in [0.05, 0.1) is 0 Å². The predicted octanol–water partition coefficient (Wildman–Crippen LogP) is 2.07. The van der Waals surface area contributed by atoms with Crippen molar-refractivity contribution in [2.45, 2.75) is 37.9 Å². The van der Waals surface area contributed by atoms with Gasteiger partial charge >= 0.3 is 0 Å². The van der Waals surface area contributed by atoms with Gasteiger partial charge in [0.2, 0.25) is 0 Å². The van der Waals surface area contributed by atoms with Gasteiger partial charge in [-0.25, -0.2) is 0 Å². The molecule has 3 heteroatoms. The lowest BCUT2D eigenvalue weighted by Crippen LogP contribution is -2.58. The summed E-state index contributed by atoms with van der Waals surface area (Å²) in [6.45, 7) is 3.65. The van der Waals surface area contributed by atoms with Crippen molar-refractivity contribution in [1.29, 1.82) is 0 Å². The molecule has 0 aliphatic carbocycles.